The Balaban J connectivity index is 1.96. The van der Waals surface area contributed by atoms with Gasteiger partial charge in [0.25, 0.3) is 0 Å². The van der Waals surface area contributed by atoms with Crippen LogP contribution in [0, 0.1) is 6.92 Å². The highest BCUT2D eigenvalue weighted by molar-refractivity contribution is 7.09. The van der Waals surface area contributed by atoms with Crippen molar-refractivity contribution in [3.63, 3.8) is 0 Å². The topological polar surface area (TPSA) is 38.0 Å². The van der Waals surface area contributed by atoms with Gasteiger partial charge >= 0.3 is 0 Å². The van der Waals surface area contributed by atoms with Gasteiger partial charge in [0.1, 0.15) is 0 Å². The summed E-state index contributed by atoms with van der Waals surface area (Å²) in [4.78, 5) is 5.59. The molecule has 2 aromatic heterocycles. The zero-order valence-corrected chi connectivity index (χ0v) is 11.1. The van der Waals surface area contributed by atoms with Crippen molar-refractivity contribution in [1.29, 1.82) is 0 Å². The molecule has 0 aromatic carbocycles. The van der Waals surface area contributed by atoms with E-state index in [4.69, 9.17) is 0 Å². The lowest BCUT2D eigenvalue weighted by Crippen LogP contribution is -1.99. The summed E-state index contributed by atoms with van der Waals surface area (Å²) in [7, 11) is 0. The average Bonchev–Trinajstić information content (AvgIpc) is 2.94. The maximum atomic E-state index is 9.72. The molecular formula is C13H18N2OS. The standard InChI is InChI=1S/C13H18N2OS/c1-3-12(16)11-4-6-15(8-11)7-5-13-10(2)14-9-17-13/h4,6,8-9,12,16H,3,5,7H2,1-2H3. The summed E-state index contributed by atoms with van der Waals surface area (Å²) in [6.07, 6.45) is 5.50. The molecule has 0 fully saturated rings. The highest BCUT2D eigenvalue weighted by Crippen LogP contribution is 2.18. The molecule has 0 bridgehead atoms. The van der Waals surface area contributed by atoms with E-state index in [1.807, 2.05) is 37.8 Å². The summed E-state index contributed by atoms with van der Waals surface area (Å²) in [6, 6.07) is 1.99. The predicted molar refractivity (Wildman–Crippen MR) is 70.2 cm³/mol. The molecule has 2 aromatic rings. The van der Waals surface area contributed by atoms with E-state index in [0.29, 0.717) is 0 Å². The molecule has 0 aliphatic rings. The maximum Gasteiger partial charge on any atom is 0.0802 e. The molecule has 1 atom stereocenters. The first-order valence-electron chi connectivity index (χ1n) is 5.93. The normalized spacial score (nSPS) is 12.9. The number of aliphatic hydroxyl groups is 1. The van der Waals surface area contributed by atoms with Gasteiger partial charge in [-0.15, -0.1) is 11.3 Å². The molecule has 0 amide bonds. The molecule has 1 unspecified atom stereocenters. The number of nitrogens with zero attached hydrogens (tertiary/aromatic N) is 2. The Hall–Kier alpha value is -1.13. The Morgan fingerprint density at radius 3 is 3.00 bits per heavy atom. The fraction of sp³-hybridized carbons (Fsp3) is 0.462. The first kappa shape index (κ1) is 12.3. The second kappa shape index (κ2) is 5.47. The van der Waals surface area contributed by atoms with Gasteiger partial charge < -0.3 is 9.67 Å². The number of aryl methyl sites for hydroxylation is 3. The SMILES string of the molecule is CCC(O)c1ccn(CCc2scnc2C)c1. The Labute approximate surface area is 106 Å². The minimum absolute atomic E-state index is 0.332. The Bertz CT molecular complexity index is 475. The third kappa shape index (κ3) is 2.96. The number of hydrogen-bond acceptors (Lipinski definition) is 3. The lowest BCUT2D eigenvalue weighted by atomic mass is 10.1. The van der Waals surface area contributed by atoms with Crippen molar-refractivity contribution in [2.24, 2.45) is 0 Å². The van der Waals surface area contributed by atoms with Gasteiger partial charge in [-0.25, -0.2) is 4.98 Å². The van der Waals surface area contributed by atoms with Gasteiger partial charge in [-0.3, -0.25) is 0 Å². The second-order valence-corrected chi connectivity index (χ2v) is 5.16. The summed E-state index contributed by atoms with van der Waals surface area (Å²) in [6.45, 7) is 4.98. The van der Waals surface area contributed by atoms with Crippen molar-refractivity contribution in [3.8, 4) is 0 Å². The monoisotopic (exact) mass is 250 g/mol. The minimum Gasteiger partial charge on any atom is -0.388 e. The summed E-state index contributed by atoms with van der Waals surface area (Å²) in [5.74, 6) is 0. The van der Waals surface area contributed by atoms with Gasteiger partial charge in [0, 0.05) is 30.2 Å². The lowest BCUT2D eigenvalue weighted by Gasteiger charge is -2.04. The van der Waals surface area contributed by atoms with E-state index in [-0.39, 0.29) is 6.10 Å². The van der Waals surface area contributed by atoms with E-state index in [9.17, 15) is 5.11 Å². The molecule has 2 rings (SSSR count). The van der Waals surface area contributed by atoms with Crippen LogP contribution in [-0.2, 0) is 13.0 Å². The molecule has 0 aliphatic heterocycles. The van der Waals surface area contributed by atoms with Crippen LogP contribution in [-0.4, -0.2) is 14.7 Å². The minimum atomic E-state index is -0.332. The van der Waals surface area contributed by atoms with Crippen LogP contribution in [0.4, 0.5) is 0 Å². The van der Waals surface area contributed by atoms with Crippen molar-refractivity contribution in [2.45, 2.75) is 39.3 Å². The highest BCUT2D eigenvalue weighted by atomic mass is 32.1. The molecule has 92 valence electrons. The molecule has 0 saturated carbocycles. The van der Waals surface area contributed by atoms with Gasteiger partial charge in [-0.1, -0.05) is 6.92 Å². The van der Waals surface area contributed by atoms with Gasteiger partial charge in [0.15, 0.2) is 0 Å². The van der Waals surface area contributed by atoms with Crippen molar-refractivity contribution >= 4 is 11.3 Å². The molecule has 0 saturated heterocycles. The fourth-order valence-corrected chi connectivity index (χ4v) is 2.60. The maximum absolute atomic E-state index is 9.72. The highest BCUT2D eigenvalue weighted by Gasteiger charge is 2.07. The first-order chi connectivity index (χ1) is 8.20. The van der Waals surface area contributed by atoms with E-state index in [2.05, 4.69) is 9.55 Å². The predicted octanol–water partition coefficient (Wildman–Crippen LogP) is 2.94. The first-order valence-corrected chi connectivity index (χ1v) is 6.81. The van der Waals surface area contributed by atoms with Crippen molar-refractivity contribution < 1.29 is 5.11 Å². The Morgan fingerprint density at radius 2 is 2.35 bits per heavy atom. The van der Waals surface area contributed by atoms with Crippen molar-refractivity contribution in [1.82, 2.24) is 9.55 Å². The molecular weight excluding hydrogens is 232 g/mol. The third-order valence-corrected chi connectivity index (χ3v) is 3.98. The van der Waals surface area contributed by atoms with E-state index >= 15 is 0 Å². The largest absolute Gasteiger partial charge is 0.388 e. The van der Waals surface area contributed by atoms with Crippen LogP contribution in [0.25, 0.3) is 0 Å². The molecule has 0 aliphatic carbocycles. The Kier molecular flexibility index (Phi) is 3.97. The van der Waals surface area contributed by atoms with Crippen LogP contribution < -0.4 is 0 Å². The van der Waals surface area contributed by atoms with Crippen molar-refractivity contribution in [3.05, 3.63) is 40.1 Å². The quantitative estimate of drug-likeness (QED) is 0.886. The van der Waals surface area contributed by atoms with Crippen LogP contribution in [0.2, 0.25) is 0 Å². The van der Waals surface area contributed by atoms with Crippen LogP contribution >= 0.6 is 11.3 Å². The summed E-state index contributed by atoms with van der Waals surface area (Å²) >= 11 is 1.71. The zero-order chi connectivity index (χ0) is 12.3. The number of thiazole rings is 1. The fourth-order valence-electron chi connectivity index (χ4n) is 1.83. The van der Waals surface area contributed by atoms with E-state index in [1.165, 1.54) is 4.88 Å². The average molecular weight is 250 g/mol. The van der Waals surface area contributed by atoms with Crippen molar-refractivity contribution in [2.75, 3.05) is 0 Å². The van der Waals surface area contributed by atoms with Gasteiger partial charge in [-0.2, -0.15) is 0 Å². The smallest absolute Gasteiger partial charge is 0.0802 e. The molecule has 17 heavy (non-hydrogen) atoms. The summed E-state index contributed by atoms with van der Waals surface area (Å²) in [5.41, 5.74) is 4.04. The van der Waals surface area contributed by atoms with Crippen LogP contribution in [0.3, 0.4) is 0 Å². The molecule has 3 nitrogen and oxygen atoms in total. The van der Waals surface area contributed by atoms with Gasteiger partial charge in [-0.05, 0) is 25.0 Å². The van der Waals surface area contributed by atoms with Crippen LogP contribution in [0.1, 0.15) is 35.6 Å². The second-order valence-electron chi connectivity index (χ2n) is 4.22. The lowest BCUT2D eigenvalue weighted by molar-refractivity contribution is 0.173. The molecule has 4 heteroatoms. The number of rotatable bonds is 5. The summed E-state index contributed by atoms with van der Waals surface area (Å²) < 4.78 is 2.13. The Morgan fingerprint density at radius 1 is 1.53 bits per heavy atom. The number of aliphatic hydroxyl groups excluding tert-OH is 1. The summed E-state index contributed by atoms with van der Waals surface area (Å²) in [5, 5.41) is 9.72. The van der Waals surface area contributed by atoms with E-state index < -0.39 is 0 Å². The zero-order valence-electron chi connectivity index (χ0n) is 10.3. The van der Waals surface area contributed by atoms with E-state index in [1.54, 1.807) is 11.3 Å². The van der Waals surface area contributed by atoms with Gasteiger partial charge in [0.2, 0.25) is 0 Å². The third-order valence-electron chi connectivity index (χ3n) is 2.99. The van der Waals surface area contributed by atoms with E-state index in [0.717, 1.165) is 30.6 Å². The molecule has 0 spiro atoms. The molecule has 1 N–H and O–H groups in total. The molecule has 0 radical (unpaired) electrons. The number of hydrogen-bond donors (Lipinski definition) is 1. The van der Waals surface area contributed by atoms with Crippen LogP contribution in [0.5, 0.6) is 0 Å². The molecule has 2 heterocycles. The van der Waals surface area contributed by atoms with Gasteiger partial charge in [0.05, 0.1) is 17.3 Å². The van der Waals surface area contributed by atoms with Crippen LogP contribution in [0.15, 0.2) is 24.0 Å². The number of aromatic nitrogens is 2.